The number of ether oxygens (including phenoxy) is 1. The molecule has 0 unspecified atom stereocenters. The second-order valence-electron chi connectivity index (χ2n) is 2.51. The number of carbonyl (C=O) groups excluding carboxylic acids is 1. The summed E-state index contributed by atoms with van der Waals surface area (Å²) in [4.78, 5) is 11.2. The van der Waals surface area contributed by atoms with Crippen molar-refractivity contribution in [3.05, 3.63) is 41.5 Å². The lowest BCUT2D eigenvalue weighted by atomic mass is 10.1. The van der Waals surface area contributed by atoms with E-state index in [1.54, 1.807) is 13.0 Å². The van der Waals surface area contributed by atoms with E-state index in [-0.39, 0.29) is 5.97 Å². The molecule has 0 aromatic heterocycles. The van der Waals surface area contributed by atoms with Crippen LogP contribution in [0.3, 0.4) is 0 Å². The van der Waals surface area contributed by atoms with E-state index in [4.69, 9.17) is 4.74 Å². The van der Waals surface area contributed by atoms with Gasteiger partial charge in [0, 0.05) is 5.56 Å². The maximum absolute atomic E-state index is 11.2. The molecule has 0 aliphatic carbocycles. The Morgan fingerprint density at radius 2 is 1.92 bits per heavy atom. The third-order valence-corrected chi connectivity index (χ3v) is 1.81. The molecule has 0 N–H and O–H groups in total. The Morgan fingerprint density at radius 1 is 1.25 bits per heavy atom. The van der Waals surface area contributed by atoms with Crippen molar-refractivity contribution in [2.24, 2.45) is 0 Å². The smallest absolute Gasteiger partial charge is 0.344 e. The summed E-state index contributed by atoms with van der Waals surface area (Å²) in [7, 11) is 0. The van der Waals surface area contributed by atoms with Crippen molar-refractivity contribution in [1.29, 1.82) is 0 Å². The minimum atomic E-state index is -0.282. The fraction of sp³-hybridized carbons (Fsp3) is 0.100. The average Bonchev–Trinajstić information content (AvgIpc) is 2.44. The maximum Gasteiger partial charge on any atom is 0.344 e. The molecule has 2 heteroatoms. The van der Waals surface area contributed by atoms with Crippen LogP contribution in [0.1, 0.15) is 22.8 Å². The molecule has 0 saturated heterocycles. The maximum atomic E-state index is 11.2. The summed E-state index contributed by atoms with van der Waals surface area (Å²) in [6.07, 6.45) is 2.82. The topological polar surface area (TPSA) is 26.3 Å². The minimum absolute atomic E-state index is 0.282. The van der Waals surface area contributed by atoms with Gasteiger partial charge in [-0.3, -0.25) is 0 Å². The van der Waals surface area contributed by atoms with Crippen LogP contribution in [-0.2, 0) is 4.74 Å². The Labute approximate surface area is 70.5 Å². The fourth-order valence-corrected chi connectivity index (χ4v) is 1.25. The minimum Gasteiger partial charge on any atom is -0.422 e. The highest BCUT2D eigenvalue weighted by molar-refractivity contribution is 6.02. The predicted molar refractivity (Wildman–Crippen MR) is 44.2 cm³/mol. The molecule has 1 heterocycles. The number of carbonyl (C=O) groups is 1. The van der Waals surface area contributed by atoms with Gasteiger partial charge in [-0.25, -0.2) is 4.79 Å². The molecule has 1 radical (unpaired) electrons. The molecule has 0 amide bonds. The van der Waals surface area contributed by atoms with Crippen LogP contribution < -0.4 is 0 Å². The lowest BCUT2D eigenvalue weighted by Gasteiger charge is -1.92. The first-order valence-corrected chi connectivity index (χ1v) is 3.69. The Morgan fingerprint density at radius 3 is 2.58 bits per heavy atom. The van der Waals surface area contributed by atoms with E-state index < -0.39 is 0 Å². The van der Waals surface area contributed by atoms with Crippen LogP contribution >= 0.6 is 0 Å². The third kappa shape index (κ3) is 0.848. The highest BCUT2D eigenvalue weighted by Gasteiger charge is 2.24. The van der Waals surface area contributed by atoms with Crippen molar-refractivity contribution < 1.29 is 9.53 Å². The lowest BCUT2D eigenvalue weighted by molar-refractivity contribution is 0.0715. The molecule has 0 atom stereocenters. The normalized spacial score (nSPS) is 17.8. The largest absolute Gasteiger partial charge is 0.422 e. The molecule has 59 valence electrons. The molecule has 12 heavy (non-hydrogen) atoms. The van der Waals surface area contributed by atoms with Gasteiger partial charge < -0.3 is 4.74 Å². The molecule has 2 rings (SSSR count). The average molecular weight is 159 g/mol. The quantitative estimate of drug-likeness (QED) is 0.541. The number of hydrogen-bond donors (Lipinski definition) is 0. The SMILES string of the molecule is C/[C]=C1/OC(=O)c2ccccc21. The van der Waals surface area contributed by atoms with E-state index >= 15 is 0 Å². The van der Waals surface area contributed by atoms with Crippen LogP contribution in [0.25, 0.3) is 5.76 Å². The summed E-state index contributed by atoms with van der Waals surface area (Å²) in [5, 5.41) is 0. The first kappa shape index (κ1) is 7.10. The van der Waals surface area contributed by atoms with Gasteiger partial charge in [0.25, 0.3) is 0 Å². The van der Waals surface area contributed by atoms with Gasteiger partial charge in [0.05, 0.1) is 5.56 Å². The van der Waals surface area contributed by atoms with Gasteiger partial charge in [-0.15, -0.1) is 0 Å². The zero-order valence-corrected chi connectivity index (χ0v) is 6.63. The van der Waals surface area contributed by atoms with E-state index in [1.165, 1.54) is 0 Å². The monoisotopic (exact) mass is 159 g/mol. The Bertz CT molecular complexity index is 364. The van der Waals surface area contributed by atoms with Crippen molar-refractivity contribution in [3.8, 4) is 0 Å². The number of cyclic esters (lactones) is 1. The van der Waals surface area contributed by atoms with Crippen molar-refractivity contribution in [3.63, 3.8) is 0 Å². The summed E-state index contributed by atoms with van der Waals surface area (Å²) < 4.78 is 4.95. The molecule has 0 spiro atoms. The van der Waals surface area contributed by atoms with Crippen LogP contribution in [0.5, 0.6) is 0 Å². The number of benzene rings is 1. The summed E-state index contributed by atoms with van der Waals surface area (Å²) >= 11 is 0. The van der Waals surface area contributed by atoms with Crippen LogP contribution in [-0.4, -0.2) is 5.97 Å². The van der Waals surface area contributed by atoms with Gasteiger partial charge in [0.2, 0.25) is 0 Å². The number of fused-ring (bicyclic) bond motifs is 1. The highest BCUT2D eigenvalue weighted by atomic mass is 16.5. The zero-order chi connectivity index (χ0) is 8.55. The number of esters is 1. The van der Waals surface area contributed by atoms with E-state index in [2.05, 4.69) is 6.08 Å². The molecule has 0 bridgehead atoms. The molecule has 1 aliphatic rings. The second-order valence-corrected chi connectivity index (χ2v) is 2.51. The molecule has 0 fully saturated rings. The van der Waals surface area contributed by atoms with Crippen molar-refractivity contribution in [2.75, 3.05) is 0 Å². The van der Waals surface area contributed by atoms with Crippen molar-refractivity contribution in [1.82, 2.24) is 0 Å². The Kier molecular flexibility index (Phi) is 1.47. The summed E-state index contributed by atoms with van der Waals surface area (Å²) in [5.74, 6) is 0.255. The standard InChI is InChI=1S/C10H7O2/c1-2-9-7-5-3-4-6-8(7)10(11)12-9/h3-6H,1H3. The second kappa shape index (κ2) is 2.48. The van der Waals surface area contributed by atoms with Gasteiger partial charge in [-0.05, 0) is 19.1 Å². The fourth-order valence-electron chi connectivity index (χ4n) is 1.25. The molecule has 1 aromatic carbocycles. The third-order valence-electron chi connectivity index (χ3n) is 1.81. The van der Waals surface area contributed by atoms with Crippen LogP contribution in [0.15, 0.2) is 24.3 Å². The van der Waals surface area contributed by atoms with Gasteiger partial charge in [0.1, 0.15) is 5.76 Å². The summed E-state index contributed by atoms with van der Waals surface area (Å²) in [6.45, 7) is 1.73. The van der Waals surface area contributed by atoms with Crippen molar-refractivity contribution >= 4 is 11.7 Å². The van der Waals surface area contributed by atoms with Gasteiger partial charge in [-0.1, -0.05) is 18.2 Å². The van der Waals surface area contributed by atoms with Gasteiger partial charge in [0.15, 0.2) is 0 Å². The van der Waals surface area contributed by atoms with E-state index in [0.717, 1.165) is 5.56 Å². The van der Waals surface area contributed by atoms with Gasteiger partial charge >= 0.3 is 5.97 Å². The van der Waals surface area contributed by atoms with Crippen LogP contribution in [0.4, 0.5) is 0 Å². The zero-order valence-electron chi connectivity index (χ0n) is 6.63. The molecular formula is C10H7O2. The predicted octanol–water partition coefficient (Wildman–Crippen LogP) is 2.02. The van der Waals surface area contributed by atoms with E-state index in [1.807, 2.05) is 18.2 Å². The molecule has 1 aliphatic heterocycles. The first-order chi connectivity index (χ1) is 5.83. The molecular weight excluding hydrogens is 152 g/mol. The van der Waals surface area contributed by atoms with Gasteiger partial charge in [-0.2, -0.15) is 0 Å². The van der Waals surface area contributed by atoms with E-state index in [0.29, 0.717) is 11.3 Å². The Balaban J connectivity index is 2.65. The Hall–Kier alpha value is -1.57. The molecule has 1 aromatic rings. The summed E-state index contributed by atoms with van der Waals surface area (Å²) in [6, 6.07) is 7.30. The van der Waals surface area contributed by atoms with E-state index in [9.17, 15) is 4.79 Å². The van der Waals surface area contributed by atoms with Crippen LogP contribution in [0, 0.1) is 6.08 Å². The van der Waals surface area contributed by atoms with Crippen LogP contribution in [0.2, 0.25) is 0 Å². The first-order valence-electron chi connectivity index (χ1n) is 3.69. The number of rotatable bonds is 0. The number of hydrogen-bond acceptors (Lipinski definition) is 2. The number of allylic oxidation sites excluding steroid dienone is 1. The molecule has 0 saturated carbocycles. The lowest BCUT2D eigenvalue weighted by Crippen LogP contribution is -1.92. The summed E-state index contributed by atoms with van der Waals surface area (Å²) in [5.41, 5.74) is 1.46. The van der Waals surface area contributed by atoms with Crippen molar-refractivity contribution in [2.45, 2.75) is 6.92 Å². The highest BCUT2D eigenvalue weighted by Crippen LogP contribution is 2.28. The molecule has 2 nitrogen and oxygen atoms in total.